The number of rotatable bonds is 4. The molecule has 51 heavy (non-hydrogen) atoms. The van der Waals surface area contributed by atoms with E-state index in [4.69, 9.17) is 4.98 Å². The van der Waals surface area contributed by atoms with Crippen LogP contribution in [0.4, 0.5) is 0 Å². The zero-order valence-corrected chi connectivity index (χ0v) is 28.3. The predicted octanol–water partition coefficient (Wildman–Crippen LogP) is 13.0. The van der Waals surface area contributed by atoms with Gasteiger partial charge in [-0.3, -0.25) is 4.57 Å². The topological polar surface area (TPSA) is 22.8 Å². The molecule has 4 aromatic heterocycles. The van der Waals surface area contributed by atoms with Crippen molar-refractivity contribution in [3.63, 3.8) is 0 Å². The molecule has 238 valence electrons. The molecule has 0 radical (unpaired) electrons. The summed E-state index contributed by atoms with van der Waals surface area (Å²) in [6, 6.07) is 61.5. The highest BCUT2D eigenvalue weighted by atomic mass is 32.1. The van der Waals surface area contributed by atoms with Crippen LogP contribution in [-0.2, 0) is 0 Å². The molecule has 0 fully saturated rings. The lowest BCUT2D eigenvalue weighted by atomic mass is 9.99. The van der Waals surface area contributed by atoms with Gasteiger partial charge in [0.25, 0.3) is 0 Å². The third-order valence-electron chi connectivity index (χ3n) is 10.4. The van der Waals surface area contributed by atoms with Gasteiger partial charge in [0.05, 0.1) is 26.8 Å². The summed E-state index contributed by atoms with van der Waals surface area (Å²) in [6.45, 7) is 0. The van der Waals surface area contributed by atoms with Crippen LogP contribution >= 0.6 is 11.3 Å². The third kappa shape index (κ3) is 4.21. The number of para-hydroxylation sites is 2. The number of hydrogen-bond donors (Lipinski definition) is 0. The molecular weight excluding hydrogens is 639 g/mol. The number of aromatic nitrogens is 3. The van der Waals surface area contributed by atoms with E-state index in [0.717, 1.165) is 22.5 Å². The van der Waals surface area contributed by atoms with Gasteiger partial charge in [-0.1, -0.05) is 115 Å². The first-order valence-electron chi connectivity index (χ1n) is 17.3. The summed E-state index contributed by atoms with van der Waals surface area (Å²) in [5, 5.41) is 7.53. The van der Waals surface area contributed by atoms with Crippen molar-refractivity contribution in [1.82, 2.24) is 14.1 Å². The van der Waals surface area contributed by atoms with Crippen molar-refractivity contribution in [2.24, 2.45) is 0 Å². The number of pyridine rings is 1. The number of benzene rings is 7. The summed E-state index contributed by atoms with van der Waals surface area (Å²) in [5.41, 5.74) is 10.7. The second-order valence-corrected chi connectivity index (χ2v) is 14.2. The second-order valence-electron chi connectivity index (χ2n) is 13.2. The van der Waals surface area contributed by atoms with E-state index in [1.54, 1.807) is 0 Å². The van der Waals surface area contributed by atoms with Crippen molar-refractivity contribution in [2.45, 2.75) is 0 Å². The van der Waals surface area contributed by atoms with Gasteiger partial charge in [0.2, 0.25) is 0 Å². The van der Waals surface area contributed by atoms with E-state index in [9.17, 15) is 0 Å². The Hall–Kier alpha value is -6.49. The molecule has 0 bridgehead atoms. The van der Waals surface area contributed by atoms with Crippen molar-refractivity contribution in [2.75, 3.05) is 0 Å². The van der Waals surface area contributed by atoms with Crippen LogP contribution in [-0.4, -0.2) is 14.1 Å². The molecule has 0 aliphatic heterocycles. The number of hydrogen-bond acceptors (Lipinski definition) is 2. The maximum Gasteiger partial charge on any atom is 0.155 e. The van der Waals surface area contributed by atoms with E-state index >= 15 is 0 Å². The molecule has 0 spiro atoms. The fourth-order valence-corrected chi connectivity index (χ4v) is 9.31. The molecule has 4 heterocycles. The lowest BCUT2D eigenvalue weighted by molar-refractivity contribution is 1.10. The zero-order chi connectivity index (χ0) is 33.5. The van der Waals surface area contributed by atoms with Crippen molar-refractivity contribution in [1.29, 1.82) is 0 Å². The van der Waals surface area contributed by atoms with E-state index in [-0.39, 0.29) is 0 Å². The van der Waals surface area contributed by atoms with Gasteiger partial charge in [0.15, 0.2) is 5.82 Å². The van der Waals surface area contributed by atoms with Crippen molar-refractivity contribution in [3.05, 3.63) is 176 Å². The highest BCUT2D eigenvalue weighted by Crippen LogP contribution is 2.44. The molecule has 0 saturated carbocycles. The minimum Gasteiger partial charge on any atom is -0.309 e. The smallest absolute Gasteiger partial charge is 0.155 e. The van der Waals surface area contributed by atoms with Crippen LogP contribution < -0.4 is 0 Å². The number of nitrogens with zero attached hydrogens (tertiary/aromatic N) is 3. The Morgan fingerprint density at radius 2 is 0.961 bits per heavy atom. The quantitative estimate of drug-likeness (QED) is 0.183. The van der Waals surface area contributed by atoms with E-state index in [1.807, 2.05) is 17.5 Å². The van der Waals surface area contributed by atoms with Gasteiger partial charge < -0.3 is 4.57 Å². The SMILES string of the molecule is c1ccc(-c2cccc(-c3ccc(-n4c5ccccc5c5c6c7ccccc7n(-c7nccc8c7sc7ccccc78)c6ccc54)cc3)c2)cc1. The maximum absolute atomic E-state index is 5.06. The molecule has 0 saturated heterocycles. The summed E-state index contributed by atoms with van der Waals surface area (Å²) in [5.74, 6) is 0.981. The Labute approximate surface area is 297 Å². The molecule has 3 nitrogen and oxygen atoms in total. The fourth-order valence-electron chi connectivity index (χ4n) is 8.13. The van der Waals surface area contributed by atoms with Gasteiger partial charge in [0.1, 0.15) is 0 Å². The van der Waals surface area contributed by atoms with E-state index in [0.29, 0.717) is 0 Å². The van der Waals surface area contributed by atoms with Crippen molar-refractivity contribution in [3.8, 4) is 33.8 Å². The van der Waals surface area contributed by atoms with Crippen molar-refractivity contribution < 1.29 is 0 Å². The van der Waals surface area contributed by atoms with Crippen LogP contribution in [0.3, 0.4) is 0 Å². The van der Waals surface area contributed by atoms with Gasteiger partial charge in [-0.15, -0.1) is 11.3 Å². The summed E-state index contributed by atoms with van der Waals surface area (Å²) in [7, 11) is 0. The van der Waals surface area contributed by atoms with Crippen LogP contribution in [0, 0.1) is 0 Å². The molecule has 0 amide bonds. The normalized spacial score (nSPS) is 11.9. The average molecular weight is 668 g/mol. The van der Waals surface area contributed by atoms with Gasteiger partial charge in [-0.05, 0) is 76.9 Å². The first-order valence-corrected chi connectivity index (χ1v) is 18.1. The molecule has 4 heteroatoms. The second kappa shape index (κ2) is 11.0. The summed E-state index contributed by atoms with van der Waals surface area (Å²) in [4.78, 5) is 5.06. The molecular formula is C47H29N3S. The van der Waals surface area contributed by atoms with Gasteiger partial charge in [-0.25, -0.2) is 4.98 Å². The molecule has 0 atom stereocenters. The largest absolute Gasteiger partial charge is 0.309 e. The Bertz CT molecular complexity index is 3130. The van der Waals surface area contributed by atoms with Crippen LogP contribution in [0.1, 0.15) is 0 Å². The molecule has 7 aromatic carbocycles. The fraction of sp³-hybridized carbons (Fsp3) is 0. The molecule has 11 rings (SSSR count). The highest BCUT2D eigenvalue weighted by Gasteiger charge is 2.22. The standard InChI is InChI=1S/C47H29N3S/c1-2-11-30(12-3-1)32-13-10-14-33(29-32)31-21-23-34(24-22-31)49-39-18-7-4-16-37(39)44-41(49)25-26-42-45(44)38-17-5-8-19-40(38)50(42)47-46-36(27-28-48-47)35-15-6-9-20-43(35)51-46/h1-29H. The molecule has 0 N–H and O–H groups in total. The van der Waals surface area contributed by atoms with E-state index < -0.39 is 0 Å². The molecule has 0 aliphatic carbocycles. The van der Waals surface area contributed by atoms with Crippen LogP contribution in [0.25, 0.3) is 97.5 Å². The zero-order valence-electron chi connectivity index (χ0n) is 27.5. The molecule has 0 aliphatic rings. The molecule has 0 unspecified atom stereocenters. The first-order chi connectivity index (χ1) is 25.3. The van der Waals surface area contributed by atoms with Gasteiger partial charge in [-0.2, -0.15) is 0 Å². The number of thiophene rings is 1. The van der Waals surface area contributed by atoms with Crippen LogP contribution in [0.15, 0.2) is 176 Å². The minimum absolute atomic E-state index is 0.981. The average Bonchev–Trinajstić information content (AvgIpc) is 3.86. The third-order valence-corrected chi connectivity index (χ3v) is 11.6. The van der Waals surface area contributed by atoms with Crippen LogP contribution in [0.2, 0.25) is 0 Å². The Morgan fingerprint density at radius 1 is 0.392 bits per heavy atom. The number of fused-ring (bicyclic) bond motifs is 10. The maximum atomic E-state index is 5.06. The van der Waals surface area contributed by atoms with E-state index in [2.05, 4.69) is 179 Å². The first kappa shape index (κ1) is 28.4. The lowest BCUT2D eigenvalue weighted by Crippen LogP contribution is -1.97. The summed E-state index contributed by atoms with van der Waals surface area (Å²) >= 11 is 1.82. The summed E-state index contributed by atoms with van der Waals surface area (Å²) < 4.78 is 7.29. The minimum atomic E-state index is 0.981. The lowest BCUT2D eigenvalue weighted by Gasteiger charge is -2.11. The Balaban J connectivity index is 1.13. The van der Waals surface area contributed by atoms with Crippen molar-refractivity contribution >= 4 is 75.1 Å². The monoisotopic (exact) mass is 667 g/mol. The Kier molecular flexibility index (Phi) is 6.12. The van der Waals surface area contributed by atoms with Gasteiger partial charge >= 0.3 is 0 Å². The van der Waals surface area contributed by atoms with E-state index in [1.165, 1.54) is 75.0 Å². The highest BCUT2D eigenvalue weighted by molar-refractivity contribution is 7.26. The summed E-state index contributed by atoms with van der Waals surface area (Å²) in [6.07, 6.45) is 1.96. The van der Waals surface area contributed by atoms with Gasteiger partial charge in [0, 0.05) is 48.9 Å². The molecule has 11 aromatic rings. The predicted molar refractivity (Wildman–Crippen MR) is 217 cm³/mol. The van der Waals surface area contributed by atoms with Crippen LogP contribution in [0.5, 0.6) is 0 Å². The Morgan fingerprint density at radius 3 is 1.69 bits per heavy atom.